The Labute approximate surface area is 72.6 Å². The zero-order valence-corrected chi connectivity index (χ0v) is 7.77. The highest BCUT2D eigenvalue weighted by atomic mass is 16.3. The fourth-order valence-electron chi connectivity index (χ4n) is 1.10. The molecule has 4 heteroatoms. The van der Waals surface area contributed by atoms with Crippen LogP contribution >= 0.6 is 0 Å². The Morgan fingerprint density at radius 3 is 2.17 bits per heavy atom. The fourth-order valence-corrected chi connectivity index (χ4v) is 1.10. The summed E-state index contributed by atoms with van der Waals surface area (Å²) in [4.78, 5) is 10.1. The van der Waals surface area contributed by atoms with Gasteiger partial charge in [-0.1, -0.05) is 19.0 Å². The minimum Gasteiger partial charge on any atom is -0.393 e. The normalized spacial score (nSPS) is 21.1. The predicted molar refractivity (Wildman–Crippen MR) is 46.7 cm³/mol. The second kappa shape index (κ2) is 5.22. The average molecular weight is 175 g/mol. The maximum Gasteiger partial charge on any atom is 0.115 e. The van der Waals surface area contributed by atoms with Gasteiger partial charge in [0.2, 0.25) is 0 Å². The lowest BCUT2D eigenvalue weighted by Gasteiger charge is -2.24. The highest BCUT2D eigenvalue weighted by Crippen LogP contribution is 2.15. The number of hydrogen-bond acceptors (Lipinski definition) is 4. The molecule has 4 nitrogen and oxygen atoms in total. The van der Waals surface area contributed by atoms with Crippen molar-refractivity contribution in [2.45, 2.75) is 45.4 Å². The van der Waals surface area contributed by atoms with Crippen molar-refractivity contribution in [2.75, 3.05) is 0 Å². The van der Waals surface area contributed by atoms with E-state index in [2.05, 4.69) is 5.18 Å². The van der Waals surface area contributed by atoms with Crippen molar-refractivity contribution >= 4 is 0 Å². The van der Waals surface area contributed by atoms with Crippen molar-refractivity contribution in [1.29, 1.82) is 0 Å². The first-order valence-electron chi connectivity index (χ1n) is 4.23. The Morgan fingerprint density at radius 1 is 1.33 bits per heavy atom. The van der Waals surface area contributed by atoms with E-state index < -0.39 is 18.2 Å². The summed E-state index contributed by atoms with van der Waals surface area (Å²) in [5.41, 5.74) is 0. The van der Waals surface area contributed by atoms with E-state index in [1.54, 1.807) is 6.92 Å². The van der Waals surface area contributed by atoms with Gasteiger partial charge in [-0.15, -0.1) is 0 Å². The first kappa shape index (κ1) is 11.5. The molecule has 0 aliphatic carbocycles. The second-order valence-electron chi connectivity index (χ2n) is 3.17. The monoisotopic (exact) mass is 175 g/mol. The van der Waals surface area contributed by atoms with Crippen molar-refractivity contribution in [3.8, 4) is 0 Å². The Morgan fingerprint density at radius 2 is 1.83 bits per heavy atom. The maximum absolute atomic E-state index is 10.1. The molecule has 0 saturated carbocycles. The average Bonchev–Trinajstić information content (AvgIpc) is 2.12. The number of rotatable bonds is 5. The molecule has 2 N–H and O–H groups in total. The molecule has 4 unspecified atom stereocenters. The third-order valence-corrected chi connectivity index (χ3v) is 2.22. The van der Waals surface area contributed by atoms with Gasteiger partial charge in [-0.05, 0) is 13.3 Å². The molecule has 0 aliphatic rings. The molecular formula is C8H17NO3. The second-order valence-corrected chi connectivity index (χ2v) is 3.17. The van der Waals surface area contributed by atoms with Crippen LogP contribution < -0.4 is 0 Å². The van der Waals surface area contributed by atoms with E-state index in [0.717, 1.165) is 0 Å². The summed E-state index contributed by atoms with van der Waals surface area (Å²) in [5, 5.41) is 21.5. The van der Waals surface area contributed by atoms with E-state index in [0.29, 0.717) is 6.42 Å². The Hall–Kier alpha value is -0.480. The molecule has 0 heterocycles. The summed E-state index contributed by atoms with van der Waals surface area (Å²) in [6, 6.07) is -0.652. The molecule has 12 heavy (non-hydrogen) atoms. The first-order chi connectivity index (χ1) is 5.54. The van der Waals surface area contributed by atoms with Crippen LogP contribution in [0, 0.1) is 10.8 Å². The van der Waals surface area contributed by atoms with Crippen LogP contribution in [0.4, 0.5) is 0 Å². The van der Waals surface area contributed by atoms with Crippen LogP contribution in [-0.2, 0) is 0 Å². The fraction of sp³-hybridized carbons (Fsp3) is 1.00. The lowest BCUT2D eigenvalue weighted by Crippen LogP contribution is -2.35. The zero-order valence-electron chi connectivity index (χ0n) is 7.77. The van der Waals surface area contributed by atoms with E-state index in [4.69, 9.17) is 0 Å². The van der Waals surface area contributed by atoms with Crippen LogP contribution in [0.5, 0.6) is 0 Å². The molecule has 0 fully saturated rings. The Kier molecular flexibility index (Phi) is 5.01. The van der Waals surface area contributed by atoms with Crippen molar-refractivity contribution in [2.24, 2.45) is 11.1 Å². The van der Waals surface area contributed by atoms with Gasteiger partial charge in [0.15, 0.2) is 0 Å². The number of aliphatic hydroxyl groups excluding tert-OH is 2. The maximum atomic E-state index is 10.1. The first-order valence-corrected chi connectivity index (χ1v) is 4.23. The van der Waals surface area contributed by atoms with Crippen LogP contribution in [0.15, 0.2) is 5.18 Å². The van der Waals surface area contributed by atoms with E-state index in [1.165, 1.54) is 6.92 Å². The van der Waals surface area contributed by atoms with E-state index in [9.17, 15) is 15.1 Å². The van der Waals surface area contributed by atoms with Crippen LogP contribution in [-0.4, -0.2) is 28.5 Å². The van der Waals surface area contributed by atoms with Gasteiger partial charge in [-0.25, -0.2) is 0 Å². The molecule has 0 saturated heterocycles. The molecular weight excluding hydrogens is 158 g/mol. The third-order valence-electron chi connectivity index (χ3n) is 2.22. The van der Waals surface area contributed by atoms with E-state index in [-0.39, 0.29) is 5.92 Å². The number of nitrogens with zero attached hydrogens (tertiary/aromatic N) is 1. The van der Waals surface area contributed by atoms with Gasteiger partial charge in [0.25, 0.3) is 0 Å². The molecule has 0 bridgehead atoms. The van der Waals surface area contributed by atoms with Gasteiger partial charge in [-0.3, -0.25) is 0 Å². The summed E-state index contributed by atoms with van der Waals surface area (Å²) in [6.07, 6.45) is -0.842. The topological polar surface area (TPSA) is 69.9 Å². The number of hydrogen-bond donors (Lipinski definition) is 2. The molecule has 72 valence electrons. The SMILES string of the molecule is CCC(O)C(C)C(O)C(C)N=O. The summed E-state index contributed by atoms with van der Waals surface area (Å²) in [5.74, 6) is -0.303. The standard InChI is InChI=1S/C8H17NO3/c1-4-7(10)5(2)8(11)6(3)9-12/h5-8,10-11H,4H2,1-3H3. The molecule has 4 atom stereocenters. The van der Waals surface area contributed by atoms with Gasteiger partial charge in [0.05, 0.1) is 12.2 Å². The molecule has 0 aromatic heterocycles. The van der Waals surface area contributed by atoms with Crippen molar-refractivity contribution < 1.29 is 10.2 Å². The van der Waals surface area contributed by atoms with Crippen molar-refractivity contribution in [3.63, 3.8) is 0 Å². The highest BCUT2D eigenvalue weighted by Gasteiger charge is 2.26. The van der Waals surface area contributed by atoms with Crippen LogP contribution in [0.1, 0.15) is 27.2 Å². The van der Waals surface area contributed by atoms with Gasteiger partial charge >= 0.3 is 0 Å². The minimum atomic E-state index is -0.850. The van der Waals surface area contributed by atoms with Gasteiger partial charge < -0.3 is 10.2 Å². The van der Waals surface area contributed by atoms with Gasteiger partial charge in [0.1, 0.15) is 6.04 Å². The zero-order chi connectivity index (χ0) is 9.72. The number of nitroso groups, excluding NO2 is 1. The third kappa shape index (κ3) is 2.87. The highest BCUT2D eigenvalue weighted by molar-refractivity contribution is 4.79. The Bertz CT molecular complexity index is 140. The molecule has 0 aromatic rings. The summed E-state index contributed by atoms with van der Waals surface area (Å²) in [7, 11) is 0. The molecule has 0 radical (unpaired) electrons. The predicted octanol–water partition coefficient (Wildman–Crippen LogP) is 0.909. The smallest absolute Gasteiger partial charge is 0.115 e. The van der Waals surface area contributed by atoms with Gasteiger partial charge in [-0.2, -0.15) is 4.91 Å². The molecule has 0 amide bonds. The lowest BCUT2D eigenvalue weighted by atomic mass is 9.92. The minimum absolute atomic E-state index is 0.303. The summed E-state index contributed by atoms with van der Waals surface area (Å²) in [6.45, 7) is 5.07. The summed E-state index contributed by atoms with van der Waals surface area (Å²) >= 11 is 0. The van der Waals surface area contributed by atoms with Crippen molar-refractivity contribution in [1.82, 2.24) is 0 Å². The Balaban J connectivity index is 4.07. The van der Waals surface area contributed by atoms with Crippen LogP contribution in [0.2, 0.25) is 0 Å². The quantitative estimate of drug-likeness (QED) is 0.610. The van der Waals surface area contributed by atoms with E-state index >= 15 is 0 Å². The van der Waals surface area contributed by atoms with Crippen LogP contribution in [0.25, 0.3) is 0 Å². The largest absolute Gasteiger partial charge is 0.393 e. The van der Waals surface area contributed by atoms with Gasteiger partial charge in [0, 0.05) is 5.92 Å². The molecule has 0 spiro atoms. The molecule has 0 rings (SSSR count). The van der Waals surface area contributed by atoms with E-state index in [1.807, 2.05) is 6.92 Å². The lowest BCUT2D eigenvalue weighted by molar-refractivity contribution is 0.0103. The summed E-state index contributed by atoms with van der Waals surface area (Å²) < 4.78 is 0. The van der Waals surface area contributed by atoms with Crippen molar-refractivity contribution in [3.05, 3.63) is 4.91 Å². The number of aliphatic hydroxyl groups is 2. The molecule has 0 aliphatic heterocycles. The van der Waals surface area contributed by atoms with Crippen LogP contribution in [0.3, 0.4) is 0 Å². The molecule has 0 aromatic carbocycles.